The molecule has 0 aliphatic carbocycles. The maximum Gasteiger partial charge on any atom is 0.221 e. The lowest BCUT2D eigenvalue weighted by atomic mass is 10.1. The molecule has 0 fully saturated rings. The Morgan fingerprint density at radius 2 is 2.00 bits per heavy atom. The van der Waals surface area contributed by atoms with E-state index in [0.29, 0.717) is 0 Å². The van der Waals surface area contributed by atoms with Gasteiger partial charge in [0.1, 0.15) is 0 Å². The van der Waals surface area contributed by atoms with Gasteiger partial charge in [0.05, 0.1) is 0 Å². The van der Waals surface area contributed by atoms with E-state index in [0.717, 1.165) is 29.9 Å². The van der Waals surface area contributed by atoms with Crippen LogP contribution in [0, 0.1) is 6.92 Å². The fourth-order valence-electron chi connectivity index (χ4n) is 1.55. The average molecular weight is 220 g/mol. The number of carbonyl (C=O) groups is 1. The van der Waals surface area contributed by atoms with E-state index in [9.17, 15) is 4.79 Å². The van der Waals surface area contributed by atoms with Crippen LogP contribution in [0.4, 0.5) is 11.4 Å². The summed E-state index contributed by atoms with van der Waals surface area (Å²) in [7, 11) is 0. The molecule has 88 valence electrons. The van der Waals surface area contributed by atoms with Crippen LogP contribution in [0.2, 0.25) is 0 Å². The zero-order chi connectivity index (χ0) is 12.0. The number of anilines is 2. The molecule has 1 rings (SSSR count). The van der Waals surface area contributed by atoms with Crippen molar-refractivity contribution in [1.82, 2.24) is 0 Å². The van der Waals surface area contributed by atoms with Gasteiger partial charge in [-0.15, -0.1) is 0 Å². The Morgan fingerprint density at radius 3 is 2.62 bits per heavy atom. The quantitative estimate of drug-likeness (QED) is 0.748. The third-order valence-corrected chi connectivity index (χ3v) is 2.49. The highest BCUT2D eigenvalue weighted by Crippen LogP contribution is 2.23. The Labute approximate surface area is 97.2 Å². The molecular formula is C13H20N2O. The second-order valence-corrected chi connectivity index (χ2v) is 3.94. The summed E-state index contributed by atoms with van der Waals surface area (Å²) >= 11 is 0. The van der Waals surface area contributed by atoms with Gasteiger partial charge in [-0.1, -0.05) is 19.4 Å². The minimum absolute atomic E-state index is 0.0335. The molecule has 0 bridgehead atoms. The zero-order valence-corrected chi connectivity index (χ0v) is 10.3. The number of benzene rings is 1. The van der Waals surface area contributed by atoms with E-state index in [4.69, 9.17) is 0 Å². The van der Waals surface area contributed by atoms with Gasteiger partial charge in [-0.3, -0.25) is 4.79 Å². The van der Waals surface area contributed by atoms with Gasteiger partial charge in [0, 0.05) is 24.8 Å². The topological polar surface area (TPSA) is 41.1 Å². The van der Waals surface area contributed by atoms with Crippen molar-refractivity contribution < 1.29 is 4.79 Å². The standard InChI is InChI=1S/C13H20N2O/c1-4-5-9-14-12-7-6-8-13(10(12)2)15-11(3)16/h6-8,14H,4-5,9H2,1-3H3,(H,15,16). The van der Waals surface area contributed by atoms with Crippen molar-refractivity contribution >= 4 is 17.3 Å². The van der Waals surface area contributed by atoms with Gasteiger partial charge in [0.25, 0.3) is 0 Å². The van der Waals surface area contributed by atoms with Gasteiger partial charge in [0.15, 0.2) is 0 Å². The highest BCUT2D eigenvalue weighted by Gasteiger charge is 2.04. The van der Waals surface area contributed by atoms with Crippen LogP contribution in [0.25, 0.3) is 0 Å². The Balaban J connectivity index is 2.74. The molecule has 3 nitrogen and oxygen atoms in total. The summed E-state index contributed by atoms with van der Waals surface area (Å²) in [6.45, 7) is 6.68. The summed E-state index contributed by atoms with van der Waals surface area (Å²) in [6, 6.07) is 5.91. The lowest BCUT2D eigenvalue weighted by Crippen LogP contribution is -2.09. The number of hydrogen-bond donors (Lipinski definition) is 2. The minimum Gasteiger partial charge on any atom is -0.385 e. The van der Waals surface area contributed by atoms with E-state index in [1.807, 2.05) is 25.1 Å². The van der Waals surface area contributed by atoms with E-state index < -0.39 is 0 Å². The van der Waals surface area contributed by atoms with Crippen molar-refractivity contribution in [3.8, 4) is 0 Å². The third-order valence-electron chi connectivity index (χ3n) is 2.49. The predicted molar refractivity (Wildman–Crippen MR) is 68.9 cm³/mol. The second kappa shape index (κ2) is 6.16. The van der Waals surface area contributed by atoms with Crippen LogP contribution in [-0.2, 0) is 4.79 Å². The van der Waals surface area contributed by atoms with Crippen LogP contribution in [-0.4, -0.2) is 12.5 Å². The molecule has 0 spiro atoms. The van der Waals surface area contributed by atoms with E-state index in [1.165, 1.54) is 13.3 Å². The molecule has 0 aromatic heterocycles. The number of rotatable bonds is 5. The SMILES string of the molecule is CCCCNc1cccc(NC(C)=O)c1C. The maximum absolute atomic E-state index is 11.0. The molecule has 0 aliphatic heterocycles. The van der Waals surface area contributed by atoms with Crippen molar-refractivity contribution in [2.75, 3.05) is 17.2 Å². The van der Waals surface area contributed by atoms with Gasteiger partial charge >= 0.3 is 0 Å². The van der Waals surface area contributed by atoms with E-state index in [-0.39, 0.29) is 5.91 Å². The summed E-state index contributed by atoms with van der Waals surface area (Å²) in [5.74, 6) is -0.0335. The summed E-state index contributed by atoms with van der Waals surface area (Å²) in [5.41, 5.74) is 3.07. The Kier molecular flexibility index (Phi) is 4.83. The number of amides is 1. The van der Waals surface area contributed by atoms with Crippen molar-refractivity contribution in [1.29, 1.82) is 0 Å². The zero-order valence-electron chi connectivity index (χ0n) is 10.3. The summed E-state index contributed by atoms with van der Waals surface area (Å²) in [6.07, 6.45) is 2.33. The molecule has 0 heterocycles. The highest BCUT2D eigenvalue weighted by molar-refractivity contribution is 5.90. The first-order chi connectivity index (χ1) is 7.65. The van der Waals surface area contributed by atoms with Crippen molar-refractivity contribution in [3.63, 3.8) is 0 Å². The number of hydrogen-bond acceptors (Lipinski definition) is 2. The first-order valence-electron chi connectivity index (χ1n) is 5.76. The molecule has 0 atom stereocenters. The molecule has 0 saturated heterocycles. The van der Waals surface area contributed by atoms with Gasteiger partial charge in [-0.25, -0.2) is 0 Å². The molecule has 1 aromatic rings. The van der Waals surface area contributed by atoms with Crippen LogP contribution in [0.3, 0.4) is 0 Å². The van der Waals surface area contributed by atoms with Crippen molar-refractivity contribution in [2.45, 2.75) is 33.6 Å². The molecule has 0 unspecified atom stereocenters. The van der Waals surface area contributed by atoms with Crippen LogP contribution in [0.15, 0.2) is 18.2 Å². The molecule has 1 amide bonds. The molecule has 16 heavy (non-hydrogen) atoms. The number of nitrogens with one attached hydrogen (secondary N) is 2. The first kappa shape index (κ1) is 12.6. The summed E-state index contributed by atoms with van der Waals surface area (Å²) in [5, 5.41) is 6.20. The molecule has 0 aliphatic rings. The van der Waals surface area contributed by atoms with E-state index in [1.54, 1.807) is 0 Å². The highest BCUT2D eigenvalue weighted by atomic mass is 16.1. The van der Waals surface area contributed by atoms with Gasteiger partial charge in [-0.05, 0) is 31.0 Å². The smallest absolute Gasteiger partial charge is 0.221 e. The summed E-state index contributed by atoms with van der Waals surface area (Å²) < 4.78 is 0. The molecule has 3 heteroatoms. The normalized spacial score (nSPS) is 9.94. The molecule has 1 aromatic carbocycles. The van der Waals surface area contributed by atoms with Crippen LogP contribution in [0.1, 0.15) is 32.3 Å². The van der Waals surface area contributed by atoms with Crippen molar-refractivity contribution in [3.05, 3.63) is 23.8 Å². The van der Waals surface area contributed by atoms with Gasteiger partial charge in [-0.2, -0.15) is 0 Å². The van der Waals surface area contributed by atoms with Gasteiger partial charge in [0.2, 0.25) is 5.91 Å². The van der Waals surface area contributed by atoms with E-state index in [2.05, 4.69) is 17.6 Å². The molecular weight excluding hydrogens is 200 g/mol. The lowest BCUT2D eigenvalue weighted by Gasteiger charge is -2.13. The largest absolute Gasteiger partial charge is 0.385 e. The monoisotopic (exact) mass is 220 g/mol. The average Bonchev–Trinajstić information content (AvgIpc) is 2.23. The molecule has 2 N–H and O–H groups in total. The Morgan fingerprint density at radius 1 is 1.31 bits per heavy atom. The molecule has 0 radical (unpaired) electrons. The van der Waals surface area contributed by atoms with E-state index >= 15 is 0 Å². The first-order valence-corrected chi connectivity index (χ1v) is 5.76. The predicted octanol–water partition coefficient (Wildman–Crippen LogP) is 3.17. The number of unbranched alkanes of at least 4 members (excludes halogenated alkanes) is 1. The Hall–Kier alpha value is -1.51. The number of carbonyl (C=O) groups excluding carboxylic acids is 1. The maximum atomic E-state index is 11.0. The second-order valence-electron chi connectivity index (χ2n) is 3.94. The molecule has 0 saturated carbocycles. The summed E-state index contributed by atoms with van der Waals surface area (Å²) in [4.78, 5) is 11.0. The van der Waals surface area contributed by atoms with Crippen LogP contribution in [0.5, 0.6) is 0 Å². The lowest BCUT2D eigenvalue weighted by molar-refractivity contribution is -0.114. The third kappa shape index (κ3) is 3.57. The van der Waals surface area contributed by atoms with Gasteiger partial charge < -0.3 is 10.6 Å². The van der Waals surface area contributed by atoms with Crippen LogP contribution >= 0.6 is 0 Å². The fourth-order valence-corrected chi connectivity index (χ4v) is 1.55. The van der Waals surface area contributed by atoms with Crippen molar-refractivity contribution in [2.24, 2.45) is 0 Å². The fraction of sp³-hybridized carbons (Fsp3) is 0.462. The Bertz CT molecular complexity index is 361. The minimum atomic E-state index is -0.0335. The van der Waals surface area contributed by atoms with Crippen LogP contribution < -0.4 is 10.6 Å².